The van der Waals surface area contributed by atoms with Gasteiger partial charge in [0.25, 0.3) is 5.91 Å². The quantitative estimate of drug-likeness (QED) is 0.724. The van der Waals surface area contributed by atoms with E-state index in [4.69, 9.17) is 0 Å². The van der Waals surface area contributed by atoms with Crippen molar-refractivity contribution < 1.29 is 9.90 Å². The molecule has 0 unspecified atom stereocenters. The molecular weight excluding hydrogens is 280 g/mol. The molecule has 1 aliphatic heterocycles. The first-order chi connectivity index (χ1) is 10.7. The number of likely N-dealkylation sites (tertiary alicyclic amines) is 1. The zero-order valence-electron chi connectivity index (χ0n) is 12.6. The molecule has 22 heavy (non-hydrogen) atoms. The second-order valence-electron chi connectivity index (χ2n) is 5.82. The number of aliphatic hydroxyl groups is 1. The van der Waals surface area contributed by atoms with Crippen LogP contribution in [0.1, 0.15) is 29.6 Å². The third kappa shape index (κ3) is 3.64. The average molecular weight is 302 g/mol. The molecule has 0 aliphatic carbocycles. The lowest BCUT2D eigenvalue weighted by molar-refractivity contribution is 0.0816. The number of imidazole rings is 1. The number of carbonyl (C=O) groups excluding carboxylic acids is 1. The van der Waals surface area contributed by atoms with E-state index in [-0.39, 0.29) is 12.0 Å². The Balaban J connectivity index is 1.42. The molecule has 2 aromatic rings. The van der Waals surface area contributed by atoms with Crippen molar-refractivity contribution >= 4 is 16.9 Å². The number of aliphatic hydroxyl groups excluding tert-OH is 1. The van der Waals surface area contributed by atoms with Crippen molar-refractivity contribution in [2.75, 3.05) is 26.2 Å². The first-order valence-electron chi connectivity index (χ1n) is 7.84. The lowest BCUT2D eigenvalue weighted by atomic mass is 10.1. The standard InChI is InChI=1S/C16H22N4O2/c21-13-4-8-20(9-5-13)7-1-6-17-16(22)12-2-3-14-15(10-12)19-11-18-14/h2-3,10-11,13,21H,1,4-9H2,(H,17,22)(H,18,19). The number of piperidine rings is 1. The Morgan fingerprint density at radius 3 is 3.05 bits per heavy atom. The number of benzene rings is 1. The lowest BCUT2D eigenvalue weighted by Gasteiger charge is -2.29. The fourth-order valence-electron chi connectivity index (χ4n) is 2.83. The van der Waals surface area contributed by atoms with Gasteiger partial charge in [0.1, 0.15) is 0 Å². The van der Waals surface area contributed by atoms with Crippen molar-refractivity contribution in [2.24, 2.45) is 0 Å². The number of rotatable bonds is 5. The van der Waals surface area contributed by atoms with Crippen LogP contribution in [0.3, 0.4) is 0 Å². The summed E-state index contributed by atoms with van der Waals surface area (Å²) in [5.41, 5.74) is 2.39. The molecule has 6 nitrogen and oxygen atoms in total. The van der Waals surface area contributed by atoms with Gasteiger partial charge in [-0.05, 0) is 44.0 Å². The van der Waals surface area contributed by atoms with Crippen LogP contribution < -0.4 is 5.32 Å². The Bertz CT molecular complexity index is 632. The van der Waals surface area contributed by atoms with Crippen molar-refractivity contribution in [1.29, 1.82) is 0 Å². The third-order valence-corrected chi connectivity index (χ3v) is 4.18. The molecular formula is C16H22N4O2. The van der Waals surface area contributed by atoms with Gasteiger partial charge < -0.3 is 20.3 Å². The van der Waals surface area contributed by atoms with E-state index >= 15 is 0 Å². The van der Waals surface area contributed by atoms with Crippen molar-refractivity contribution in [3.63, 3.8) is 0 Å². The van der Waals surface area contributed by atoms with Gasteiger partial charge in [-0.3, -0.25) is 4.79 Å². The number of nitrogens with zero attached hydrogens (tertiary/aromatic N) is 2. The molecule has 0 bridgehead atoms. The molecule has 118 valence electrons. The van der Waals surface area contributed by atoms with E-state index in [1.807, 2.05) is 12.1 Å². The molecule has 1 fully saturated rings. The fourth-order valence-corrected chi connectivity index (χ4v) is 2.83. The van der Waals surface area contributed by atoms with E-state index in [0.717, 1.165) is 49.9 Å². The second kappa shape index (κ2) is 6.89. The average Bonchev–Trinajstić information content (AvgIpc) is 3.00. The molecule has 0 saturated carbocycles. The molecule has 3 rings (SSSR count). The van der Waals surface area contributed by atoms with Crippen LogP contribution in [0.4, 0.5) is 0 Å². The Kier molecular flexibility index (Phi) is 4.70. The first kappa shape index (κ1) is 15.0. The van der Waals surface area contributed by atoms with Gasteiger partial charge in [0.05, 0.1) is 23.5 Å². The highest BCUT2D eigenvalue weighted by molar-refractivity contribution is 5.97. The van der Waals surface area contributed by atoms with E-state index in [1.165, 1.54) is 0 Å². The first-order valence-corrected chi connectivity index (χ1v) is 7.84. The molecule has 2 heterocycles. The molecule has 6 heteroatoms. The highest BCUT2D eigenvalue weighted by Gasteiger charge is 2.16. The third-order valence-electron chi connectivity index (χ3n) is 4.18. The van der Waals surface area contributed by atoms with E-state index in [0.29, 0.717) is 12.1 Å². The number of H-pyrrole nitrogens is 1. The summed E-state index contributed by atoms with van der Waals surface area (Å²) >= 11 is 0. The summed E-state index contributed by atoms with van der Waals surface area (Å²) in [7, 11) is 0. The topological polar surface area (TPSA) is 81.2 Å². The summed E-state index contributed by atoms with van der Waals surface area (Å²) in [6, 6.07) is 5.47. The van der Waals surface area contributed by atoms with Gasteiger partial charge in [0.2, 0.25) is 0 Å². The zero-order valence-corrected chi connectivity index (χ0v) is 12.6. The van der Waals surface area contributed by atoms with E-state index < -0.39 is 0 Å². The summed E-state index contributed by atoms with van der Waals surface area (Å²) in [5, 5.41) is 12.4. The van der Waals surface area contributed by atoms with E-state index in [2.05, 4.69) is 20.2 Å². The van der Waals surface area contributed by atoms with Crippen LogP contribution in [0.15, 0.2) is 24.5 Å². The number of aromatic nitrogens is 2. The lowest BCUT2D eigenvalue weighted by Crippen LogP contribution is -2.37. The molecule has 1 aromatic carbocycles. The number of fused-ring (bicyclic) bond motifs is 1. The van der Waals surface area contributed by atoms with Crippen LogP contribution in [-0.4, -0.2) is 58.2 Å². The summed E-state index contributed by atoms with van der Waals surface area (Å²) in [6.45, 7) is 3.53. The second-order valence-corrected chi connectivity index (χ2v) is 5.82. The number of amides is 1. The van der Waals surface area contributed by atoms with Gasteiger partial charge in [-0.15, -0.1) is 0 Å². The maximum Gasteiger partial charge on any atom is 0.251 e. The summed E-state index contributed by atoms with van der Waals surface area (Å²) in [6.07, 6.45) is 4.14. The summed E-state index contributed by atoms with van der Waals surface area (Å²) in [5.74, 6) is -0.0504. The van der Waals surface area contributed by atoms with Gasteiger partial charge in [-0.1, -0.05) is 0 Å². The van der Waals surface area contributed by atoms with Gasteiger partial charge in [-0.2, -0.15) is 0 Å². The van der Waals surface area contributed by atoms with Crippen LogP contribution in [-0.2, 0) is 0 Å². The molecule has 1 amide bonds. The maximum atomic E-state index is 12.1. The highest BCUT2D eigenvalue weighted by Crippen LogP contribution is 2.12. The monoisotopic (exact) mass is 302 g/mol. The van der Waals surface area contributed by atoms with Crippen LogP contribution >= 0.6 is 0 Å². The molecule has 1 aliphatic rings. The molecule has 0 atom stereocenters. The largest absolute Gasteiger partial charge is 0.393 e. The van der Waals surface area contributed by atoms with Gasteiger partial charge in [0.15, 0.2) is 0 Å². The summed E-state index contributed by atoms with van der Waals surface area (Å²) < 4.78 is 0. The van der Waals surface area contributed by atoms with Gasteiger partial charge >= 0.3 is 0 Å². The molecule has 3 N–H and O–H groups in total. The maximum absolute atomic E-state index is 12.1. The normalized spacial score (nSPS) is 17.0. The number of nitrogens with one attached hydrogen (secondary N) is 2. The smallest absolute Gasteiger partial charge is 0.251 e. The minimum absolute atomic E-state index is 0.0504. The minimum Gasteiger partial charge on any atom is -0.393 e. The molecule has 0 spiro atoms. The predicted molar refractivity (Wildman–Crippen MR) is 84.7 cm³/mol. The number of hydrogen-bond donors (Lipinski definition) is 3. The fraction of sp³-hybridized carbons (Fsp3) is 0.500. The van der Waals surface area contributed by atoms with Crippen LogP contribution in [0, 0.1) is 0 Å². The number of aromatic amines is 1. The Hall–Kier alpha value is -1.92. The predicted octanol–water partition coefficient (Wildman–Crippen LogP) is 1.14. The summed E-state index contributed by atoms with van der Waals surface area (Å²) in [4.78, 5) is 21.6. The van der Waals surface area contributed by atoms with Crippen LogP contribution in [0.5, 0.6) is 0 Å². The van der Waals surface area contributed by atoms with Gasteiger partial charge in [-0.25, -0.2) is 4.98 Å². The van der Waals surface area contributed by atoms with Gasteiger partial charge in [0, 0.05) is 25.2 Å². The van der Waals surface area contributed by atoms with Crippen molar-refractivity contribution in [1.82, 2.24) is 20.2 Å². The number of hydrogen-bond acceptors (Lipinski definition) is 4. The number of carbonyl (C=O) groups is 1. The van der Waals surface area contributed by atoms with Crippen molar-refractivity contribution in [3.8, 4) is 0 Å². The Morgan fingerprint density at radius 2 is 2.23 bits per heavy atom. The Morgan fingerprint density at radius 1 is 1.41 bits per heavy atom. The molecule has 1 aromatic heterocycles. The van der Waals surface area contributed by atoms with E-state index in [1.54, 1.807) is 12.4 Å². The zero-order chi connectivity index (χ0) is 15.4. The van der Waals surface area contributed by atoms with E-state index in [9.17, 15) is 9.90 Å². The van der Waals surface area contributed by atoms with Crippen LogP contribution in [0.2, 0.25) is 0 Å². The van der Waals surface area contributed by atoms with Crippen molar-refractivity contribution in [2.45, 2.75) is 25.4 Å². The molecule has 0 radical (unpaired) electrons. The molecule has 1 saturated heterocycles. The SMILES string of the molecule is O=C(NCCCN1CCC(O)CC1)c1ccc2nc[nH]c2c1. The van der Waals surface area contributed by atoms with Crippen molar-refractivity contribution in [3.05, 3.63) is 30.1 Å². The minimum atomic E-state index is -0.131. The highest BCUT2D eigenvalue weighted by atomic mass is 16.3. The van der Waals surface area contributed by atoms with Crippen LogP contribution in [0.25, 0.3) is 11.0 Å². The Labute approximate surface area is 129 Å².